The third kappa shape index (κ3) is 5.16. The van der Waals surface area contributed by atoms with Crippen LogP contribution in [0.3, 0.4) is 0 Å². The SMILES string of the molecule is N=C(C(N)=O)c1ccccc1NCC(=O)N1CCS[C@H]1C(=O)Nc1cccc(Br)n1. The highest BCUT2D eigenvalue weighted by atomic mass is 79.9. The highest BCUT2D eigenvalue weighted by Gasteiger charge is 2.34. The fourth-order valence-corrected chi connectivity index (χ4v) is 4.35. The van der Waals surface area contributed by atoms with Crippen molar-refractivity contribution in [1.29, 1.82) is 5.41 Å². The van der Waals surface area contributed by atoms with Crippen LogP contribution >= 0.6 is 27.7 Å². The van der Waals surface area contributed by atoms with Crippen LogP contribution in [-0.2, 0) is 14.4 Å². The summed E-state index contributed by atoms with van der Waals surface area (Å²) in [5.74, 6) is -0.427. The molecule has 1 aliphatic rings. The van der Waals surface area contributed by atoms with E-state index in [1.165, 1.54) is 16.7 Å². The quantitative estimate of drug-likeness (QED) is 0.343. The summed E-state index contributed by atoms with van der Waals surface area (Å²) < 4.78 is 0.594. The fraction of sp³-hybridized carbons (Fsp3) is 0.211. The van der Waals surface area contributed by atoms with E-state index in [1.54, 1.807) is 42.5 Å². The summed E-state index contributed by atoms with van der Waals surface area (Å²) in [6.07, 6.45) is 0. The van der Waals surface area contributed by atoms with Crippen LogP contribution in [0.2, 0.25) is 0 Å². The van der Waals surface area contributed by atoms with E-state index in [9.17, 15) is 14.4 Å². The number of carbonyl (C=O) groups is 3. The Bertz CT molecular complexity index is 1000. The minimum absolute atomic E-state index is 0.0947. The van der Waals surface area contributed by atoms with Crippen LogP contribution in [0.5, 0.6) is 0 Å². The molecule has 30 heavy (non-hydrogen) atoms. The Morgan fingerprint density at radius 3 is 2.73 bits per heavy atom. The second-order valence-electron chi connectivity index (χ2n) is 6.28. The second kappa shape index (κ2) is 9.72. The molecule has 1 saturated heterocycles. The van der Waals surface area contributed by atoms with E-state index in [4.69, 9.17) is 11.1 Å². The number of primary amides is 1. The summed E-state index contributed by atoms with van der Waals surface area (Å²) in [6, 6.07) is 11.8. The molecule has 3 rings (SSSR count). The maximum Gasteiger partial charge on any atom is 0.267 e. The molecular weight excluding hydrogens is 472 g/mol. The first kappa shape index (κ1) is 21.8. The van der Waals surface area contributed by atoms with Crippen LogP contribution in [-0.4, -0.2) is 57.5 Å². The number of anilines is 2. The van der Waals surface area contributed by atoms with Gasteiger partial charge >= 0.3 is 0 Å². The van der Waals surface area contributed by atoms with Crippen molar-refractivity contribution in [3.63, 3.8) is 0 Å². The molecule has 2 heterocycles. The average Bonchev–Trinajstić information content (AvgIpc) is 3.22. The van der Waals surface area contributed by atoms with Gasteiger partial charge in [0.2, 0.25) is 5.91 Å². The van der Waals surface area contributed by atoms with Crippen molar-refractivity contribution < 1.29 is 14.4 Å². The Kier molecular flexibility index (Phi) is 7.06. The molecule has 3 amide bonds. The molecule has 0 aliphatic carbocycles. The normalized spacial score (nSPS) is 15.5. The van der Waals surface area contributed by atoms with Gasteiger partial charge in [0.15, 0.2) is 5.37 Å². The fourth-order valence-electron chi connectivity index (χ4n) is 2.87. The van der Waals surface area contributed by atoms with Crippen LogP contribution in [0.15, 0.2) is 47.1 Å². The molecule has 1 aliphatic heterocycles. The number of nitrogens with zero attached hydrogens (tertiary/aromatic N) is 2. The number of rotatable bonds is 7. The van der Waals surface area contributed by atoms with Crippen LogP contribution < -0.4 is 16.4 Å². The molecular formula is C19H19BrN6O3S. The number of nitrogens with two attached hydrogens (primary N) is 1. The van der Waals surface area contributed by atoms with E-state index in [1.807, 2.05) is 0 Å². The van der Waals surface area contributed by atoms with Crippen molar-refractivity contribution in [2.45, 2.75) is 5.37 Å². The topological polar surface area (TPSA) is 141 Å². The molecule has 5 N–H and O–H groups in total. The number of hydrogen-bond acceptors (Lipinski definition) is 7. The molecule has 0 spiro atoms. The molecule has 0 unspecified atom stereocenters. The Morgan fingerprint density at radius 1 is 1.23 bits per heavy atom. The van der Waals surface area contributed by atoms with Gasteiger partial charge in [0.05, 0.1) is 6.54 Å². The van der Waals surface area contributed by atoms with Gasteiger partial charge in [-0.25, -0.2) is 4.98 Å². The van der Waals surface area contributed by atoms with Crippen molar-refractivity contribution in [1.82, 2.24) is 9.88 Å². The molecule has 11 heteroatoms. The number of thioether (sulfide) groups is 1. The number of hydrogen-bond donors (Lipinski definition) is 4. The molecule has 0 radical (unpaired) electrons. The number of halogens is 1. The number of nitrogens with one attached hydrogen (secondary N) is 3. The zero-order valence-corrected chi connectivity index (χ0v) is 18.1. The number of carbonyl (C=O) groups excluding carboxylic acids is 3. The predicted molar refractivity (Wildman–Crippen MR) is 119 cm³/mol. The monoisotopic (exact) mass is 490 g/mol. The van der Waals surface area contributed by atoms with Crippen molar-refractivity contribution in [2.24, 2.45) is 5.73 Å². The van der Waals surface area contributed by atoms with E-state index in [0.717, 1.165) is 0 Å². The van der Waals surface area contributed by atoms with Gasteiger partial charge in [-0.1, -0.05) is 24.3 Å². The lowest BCUT2D eigenvalue weighted by Crippen LogP contribution is -2.44. The standard InChI is InChI=1S/C19H19BrN6O3S/c20-13-6-3-7-14(24-13)25-18(29)19-26(8-9-30-19)15(27)10-23-12-5-2-1-4-11(12)16(21)17(22)28/h1-7,19,21,23H,8-10H2,(H2,22,28)(H,24,25,29)/t19-/m0/s1. The van der Waals surface area contributed by atoms with Gasteiger partial charge in [-0.3, -0.25) is 19.8 Å². The number of amides is 3. The largest absolute Gasteiger partial charge is 0.376 e. The third-order valence-electron chi connectivity index (χ3n) is 4.27. The molecule has 9 nitrogen and oxygen atoms in total. The first-order valence-corrected chi connectivity index (χ1v) is 10.8. The maximum atomic E-state index is 12.8. The Morgan fingerprint density at radius 2 is 2.00 bits per heavy atom. The number of pyridine rings is 1. The summed E-state index contributed by atoms with van der Waals surface area (Å²) in [5.41, 5.74) is 5.60. The van der Waals surface area contributed by atoms with E-state index < -0.39 is 11.3 Å². The van der Waals surface area contributed by atoms with Gasteiger partial charge in [-0.05, 0) is 34.1 Å². The number of benzene rings is 1. The highest BCUT2D eigenvalue weighted by Crippen LogP contribution is 2.25. The lowest BCUT2D eigenvalue weighted by atomic mass is 10.1. The number of para-hydroxylation sites is 1. The van der Waals surface area contributed by atoms with Gasteiger partial charge in [-0.15, -0.1) is 11.8 Å². The van der Waals surface area contributed by atoms with Gasteiger partial charge in [0.25, 0.3) is 11.8 Å². The second-order valence-corrected chi connectivity index (χ2v) is 8.28. The summed E-state index contributed by atoms with van der Waals surface area (Å²) >= 11 is 4.63. The molecule has 1 aromatic heterocycles. The molecule has 2 aromatic rings. The Hall–Kier alpha value is -2.92. The number of aromatic nitrogens is 1. The third-order valence-corrected chi connectivity index (χ3v) is 5.92. The van der Waals surface area contributed by atoms with Crippen molar-refractivity contribution in [3.05, 3.63) is 52.6 Å². The van der Waals surface area contributed by atoms with E-state index in [0.29, 0.717) is 34.0 Å². The zero-order valence-electron chi connectivity index (χ0n) is 15.7. The van der Waals surface area contributed by atoms with E-state index >= 15 is 0 Å². The summed E-state index contributed by atoms with van der Waals surface area (Å²) in [5, 5.41) is 12.8. The molecule has 1 fully saturated rings. The smallest absolute Gasteiger partial charge is 0.267 e. The molecule has 1 aromatic carbocycles. The molecule has 1 atom stereocenters. The van der Waals surface area contributed by atoms with Gasteiger partial charge in [0.1, 0.15) is 16.1 Å². The van der Waals surface area contributed by atoms with Gasteiger partial charge < -0.3 is 21.3 Å². The molecule has 0 saturated carbocycles. The summed E-state index contributed by atoms with van der Waals surface area (Å²) in [7, 11) is 0. The highest BCUT2D eigenvalue weighted by molar-refractivity contribution is 9.10. The van der Waals surface area contributed by atoms with Crippen LogP contribution in [0, 0.1) is 5.41 Å². The first-order chi connectivity index (χ1) is 14.4. The van der Waals surface area contributed by atoms with Crippen LogP contribution in [0.1, 0.15) is 5.56 Å². The van der Waals surface area contributed by atoms with Crippen LogP contribution in [0.4, 0.5) is 11.5 Å². The lowest BCUT2D eigenvalue weighted by Gasteiger charge is -2.23. The Balaban J connectivity index is 1.65. The minimum Gasteiger partial charge on any atom is -0.376 e. The maximum absolute atomic E-state index is 12.8. The minimum atomic E-state index is -0.857. The van der Waals surface area contributed by atoms with Crippen molar-refractivity contribution in [2.75, 3.05) is 29.5 Å². The van der Waals surface area contributed by atoms with Crippen molar-refractivity contribution in [3.8, 4) is 0 Å². The summed E-state index contributed by atoms with van der Waals surface area (Å²) in [6.45, 7) is 0.344. The van der Waals surface area contributed by atoms with Gasteiger partial charge in [0, 0.05) is 23.5 Å². The Labute approximate surface area is 185 Å². The van der Waals surface area contributed by atoms with E-state index in [-0.39, 0.29) is 24.1 Å². The van der Waals surface area contributed by atoms with Crippen molar-refractivity contribution >= 4 is 62.6 Å². The van der Waals surface area contributed by atoms with Gasteiger partial charge in [-0.2, -0.15) is 0 Å². The van der Waals surface area contributed by atoms with Crippen LogP contribution in [0.25, 0.3) is 0 Å². The first-order valence-electron chi connectivity index (χ1n) is 8.93. The lowest BCUT2D eigenvalue weighted by molar-refractivity contribution is -0.133. The molecule has 0 bridgehead atoms. The predicted octanol–water partition coefficient (Wildman–Crippen LogP) is 1.65. The van der Waals surface area contributed by atoms with E-state index in [2.05, 4.69) is 31.5 Å². The molecule has 156 valence electrons. The average molecular weight is 491 g/mol. The zero-order chi connectivity index (χ0) is 21.7. The summed E-state index contributed by atoms with van der Waals surface area (Å²) in [4.78, 5) is 42.4.